The molecule has 1 aliphatic rings. The van der Waals surface area contributed by atoms with E-state index >= 15 is 0 Å². The Balaban J connectivity index is 0.00000144. The SMILES string of the molecule is N[C@H]1C(O)O[C@H](CO)[C@@H](O)[C@@H]1O.[Fe]. The molecule has 7 heteroatoms. The fourth-order valence-electron chi connectivity index (χ4n) is 1.12. The molecule has 0 aromatic heterocycles. The van der Waals surface area contributed by atoms with Crippen molar-refractivity contribution in [2.24, 2.45) is 5.73 Å². The van der Waals surface area contributed by atoms with Gasteiger partial charge < -0.3 is 30.9 Å². The van der Waals surface area contributed by atoms with E-state index in [1.165, 1.54) is 0 Å². The normalized spacial score (nSPS) is 45.5. The van der Waals surface area contributed by atoms with Crippen LogP contribution in [0.25, 0.3) is 0 Å². The second kappa shape index (κ2) is 5.23. The summed E-state index contributed by atoms with van der Waals surface area (Å²) in [4.78, 5) is 0. The van der Waals surface area contributed by atoms with Gasteiger partial charge in [-0.05, 0) is 0 Å². The van der Waals surface area contributed by atoms with Gasteiger partial charge in [-0.25, -0.2) is 0 Å². The number of hydrogen-bond acceptors (Lipinski definition) is 6. The van der Waals surface area contributed by atoms with Gasteiger partial charge in [-0.15, -0.1) is 0 Å². The van der Waals surface area contributed by atoms with E-state index in [2.05, 4.69) is 0 Å². The Labute approximate surface area is 85.8 Å². The van der Waals surface area contributed by atoms with E-state index in [9.17, 15) is 10.2 Å². The minimum atomic E-state index is -1.35. The molecule has 0 spiro atoms. The summed E-state index contributed by atoms with van der Waals surface area (Å²) in [7, 11) is 0. The Bertz CT molecular complexity index is 155. The zero-order valence-corrected chi connectivity index (χ0v) is 7.83. The average molecular weight is 235 g/mol. The maximum Gasteiger partial charge on any atom is 0.173 e. The van der Waals surface area contributed by atoms with Gasteiger partial charge in [-0.1, -0.05) is 0 Å². The van der Waals surface area contributed by atoms with Crippen LogP contribution in [0.4, 0.5) is 0 Å². The van der Waals surface area contributed by atoms with Crippen LogP contribution in [-0.2, 0) is 21.8 Å². The van der Waals surface area contributed by atoms with Gasteiger partial charge in [0.05, 0.1) is 12.6 Å². The van der Waals surface area contributed by atoms with Crippen LogP contribution in [0.1, 0.15) is 0 Å². The first kappa shape index (κ1) is 13.3. The molecule has 13 heavy (non-hydrogen) atoms. The maximum absolute atomic E-state index is 9.20. The standard InChI is InChI=1S/C6H13NO5.Fe/c7-3-5(10)4(9)2(1-8)12-6(3)11;/h2-6,8-11H,1,7H2;/t2-,3-,4-,5-,6?;/m1./s1. The summed E-state index contributed by atoms with van der Waals surface area (Å²) in [6.07, 6.45) is -4.85. The smallest absolute Gasteiger partial charge is 0.173 e. The molecule has 6 nitrogen and oxygen atoms in total. The Morgan fingerprint density at radius 3 is 2.15 bits per heavy atom. The molecule has 0 radical (unpaired) electrons. The topological polar surface area (TPSA) is 116 Å². The van der Waals surface area contributed by atoms with Gasteiger partial charge >= 0.3 is 0 Å². The fourth-order valence-corrected chi connectivity index (χ4v) is 1.12. The second-order valence-corrected chi connectivity index (χ2v) is 2.81. The van der Waals surface area contributed by atoms with Gasteiger partial charge in [0.2, 0.25) is 0 Å². The molecule has 1 saturated heterocycles. The first-order valence-corrected chi connectivity index (χ1v) is 3.64. The summed E-state index contributed by atoms with van der Waals surface area (Å²) >= 11 is 0. The summed E-state index contributed by atoms with van der Waals surface area (Å²) in [6, 6.07) is -1.04. The van der Waals surface area contributed by atoms with Crippen LogP contribution in [0, 0.1) is 0 Å². The molecule has 1 rings (SSSR count). The van der Waals surface area contributed by atoms with Crippen LogP contribution in [-0.4, -0.2) is 57.7 Å². The molecule has 1 heterocycles. The largest absolute Gasteiger partial charge is 0.394 e. The van der Waals surface area contributed by atoms with E-state index in [-0.39, 0.29) is 17.1 Å². The zero-order valence-electron chi connectivity index (χ0n) is 6.72. The van der Waals surface area contributed by atoms with E-state index in [1.54, 1.807) is 0 Å². The Morgan fingerprint density at radius 2 is 1.69 bits per heavy atom. The first-order valence-electron chi connectivity index (χ1n) is 3.64. The van der Waals surface area contributed by atoms with Crippen molar-refractivity contribution in [3.8, 4) is 0 Å². The molecule has 1 fully saturated rings. The predicted molar refractivity (Wildman–Crippen MR) is 38.0 cm³/mol. The monoisotopic (exact) mass is 235 g/mol. The van der Waals surface area contributed by atoms with Crippen molar-refractivity contribution in [3.05, 3.63) is 0 Å². The molecule has 6 N–H and O–H groups in total. The zero-order chi connectivity index (χ0) is 9.30. The Morgan fingerprint density at radius 1 is 1.15 bits per heavy atom. The van der Waals surface area contributed by atoms with Crippen LogP contribution >= 0.6 is 0 Å². The molecule has 0 amide bonds. The molecule has 1 unspecified atom stereocenters. The number of aliphatic hydroxyl groups is 4. The van der Waals surface area contributed by atoms with Crippen molar-refractivity contribution in [3.63, 3.8) is 0 Å². The van der Waals surface area contributed by atoms with Crippen molar-refractivity contribution >= 4 is 0 Å². The van der Waals surface area contributed by atoms with E-state index < -0.39 is 37.3 Å². The van der Waals surface area contributed by atoms with Gasteiger partial charge in [-0.2, -0.15) is 0 Å². The number of rotatable bonds is 1. The van der Waals surface area contributed by atoms with Gasteiger partial charge in [0.25, 0.3) is 0 Å². The van der Waals surface area contributed by atoms with Gasteiger partial charge in [0, 0.05) is 17.1 Å². The number of aliphatic hydroxyl groups excluding tert-OH is 4. The number of hydrogen-bond donors (Lipinski definition) is 5. The average Bonchev–Trinajstić information content (AvgIpc) is 2.08. The Kier molecular flexibility index (Phi) is 5.34. The molecular formula is C6H13FeNO5. The number of ether oxygens (including phenoxy) is 1. The molecule has 1 aliphatic heterocycles. The maximum atomic E-state index is 9.20. The first-order chi connectivity index (χ1) is 5.57. The minimum Gasteiger partial charge on any atom is -0.394 e. The summed E-state index contributed by atoms with van der Waals surface area (Å²) in [6.45, 7) is -0.470. The third-order valence-corrected chi connectivity index (χ3v) is 1.95. The third kappa shape index (κ3) is 2.61. The summed E-state index contributed by atoms with van der Waals surface area (Å²) in [5.41, 5.74) is 5.26. The minimum absolute atomic E-state index is 0. The van der Waals surface area contributed by atoms with Crippen LogP contribution < -0.4 is 5.73 Å². The molecule has 5 atom stereocenters. The molecule has 0 aliphatic carbocycles. The molecule has 0 saturated carbocycles. The van der Waals surface area contributed by atoms with E-state index in [1.807, 2.05) is 0 Å². The second-order valence-electron chi connectivity index (χ2n) is 2.81. The van der Waals surface area contributed by atoms with Gasteiger partial charge in [-0.3, -0.25) is 0 Å². The summed E-state index contributed by atoms with van der Waals surface area (Å²) < 4.78 is 4.70. The van der Waals surface area contributed by atoms with Crippen LogP contribution in [0.15, 0.2) is 0 Å². The van der Waals surface area contributed by atoms with E-state index in [4.69, 9.17) is 20.7 Å². The predicted octanol–water partition coefficient (Wildman–Crippen LogP) is -3.26. The quantitative estimate of drug-likeness (QED) is 0.305. The van der Waals surface area contributed by atoms with E-state index in [0.717, 1.165) is 0 Å². The van der Waals surface area contributed by atoms with Crippen molar-refractivity contribution < 1.29 is 42.2 Å². The van der Waals surface area contributed by atoms with E-state index in [0.29, 0.717) is 0 Å². The van der Waals surface area contributed by atoms with Gasteiger partial charge in [0.15, 0.2) is 6.29 Å². The van der Waals surface area contributed by atoms with Crippen LogP contribution in [0.5, 0.6) is 0 Å². The Hall–Kier alpha value is 0.279. The summed E-state index contributed by atoms with van der Waals surface area (Å²) in [5, 5.41) is 36.1. The fraction of sp³-hybridized carbons (Fsp3) is 1.00. The van der Waals surface area contributed by atoms with Crippen LogP contribution in [0.2, 0.25) is 0 Å². The molecule has 0 bridgehead atoms. The van der Waals surface area contributed by atoms with Crippen LogP contribution in [0.3, 0.4) is 0 Å². The third-order valence-electron chi connectivity index (χ3n) is 1.95. The number of nitrogens with two attached hydrogens (primary N) is 1. The summed E-state index contributed by atoms with van der Waals surface area (Å²) in [5.74, 6) is 0. The van der Waals surface area contributed by atoms with Crippen molar-refractivity contribution in [1.29, 1.82) is 0 Å². The molecule has 0 aromatic carbocycles. The molecular weight excluding hydrogens is 222 g/mol. The van der Waals surface area contributed by atoms with Crippen molar-refractivity contribution in [2.75, 3.05) is 6.61 Å². The molecule has 0 aromatic rings. The van der Waals surface area contributed by atoms with Gasteiger partial charge in [0.1, 0.15) is 18.3 Å². The molecule has 80 valence electrons. The van der Waals surface area contributed by atoms with Crippen molar-refractivity contribution in [1.82, 2.24) is 0 Å². The van der Waals surface area contributed by atoms with Crippen molar-refractivity contribution in [2.45, 2.75) is 30.6 Å².